The highest BCUT2D eigenvalue weighted by molar-refractivity contribution is 9.10. The van der Waals surface area contributed by atoms with Crippen molar-refractivity contribution >= 4 is 28.1 Å². The average Bonchev–Trinajstić information content (AvgIpc) is 2.33. The third-order valence-electron chi connectivity index (χ3n) is 3.56. The molecule has 1 heterocycles. The average molecular weight is 331 g/mol. The van der Waals surface area contributed by atoms with E-state index in [1.54, 1.807) is 6.20 Å². The highest BCUT2D eigenvalue weighted by Crippen LogP contribution is 2.41. The third kappa shape index (κ3) is 2.83. The van der Waals surface area contributed by atoms with E-state index in [1.807, 2.05) is 6.92 Å². The predicted molar refractivity (Wildman–Crippen MR) is 78.1 cm³/mol. The number of halogens is 1. The molecule has 0 spiro atoms. The van der Waals surface area contributed by atoms with Crippen molar-refractivity contribution in [3.8, 4) is 0 Å². The molecule has 0 radical (unpaired) electrons. The first-order valence-electron chi connectivity index (χ1n) is 6.46. The normalized spacial score (nSPS) is 28.3. The van der Waals surface area contributed by atoms with Gasteiger partial charge in [0.25, 0.3) is 0 Å². The van der Waals surface area contributed by atoms with Gasteiger partial charge in [-0.1, -0.05) is 25.6 Å². The van der Waals surface area contributed by atoms with Crippen LogP contribution >= 0.6 is 28.1 Å². The van der Waals surface area contributed by atoms with Crippen LogP contribution in [0.3, 0.4) is 0 Å². The lowest BCUT2D eigenvalue weighted by Crippen LogP contribution is -2.37. The van der Waals surface area contributed by atoms with Crippen LogP contribution in [0, 0.1) is 10.6 Å². The maximum atomic E-state index is 6.07. The molecule has 2 atom stereocenters. The van der Waals surface area contributed by atoms with Crippen molar-refractivity contribution in [1.29, 1.82) is 0 Å². The molecular formula is C13H19BrN2OS. The fraction of sp³-hybridized carbons (Fsp3) is 0.692. The standard InChI is InChI=1S/C13H19BrN2OS/c1-3-17-13(6-4-5-9(2)7-13)12-15-8-10(14)11(18)16-12/h8-9H,3-7H2,1-2H3,(H,15,16,18). The summed E-state index contributed by atoms with van der Waals surface area (Å²) < 4.78 is 7.59. The zero-order valence-electron chi connectivity index (χ0n) is 10.8. The zero-order chi connectivity index (χ0) is 13.2. The summed E-state index contributed by atoms with van der Waals surface area (Å²) in [7, 11) is 0. The van der Waals surface area contributed by atoms with E-state index in [9.17, 15) is 0 Å². The quantitative estimate of drug-likeness (QED) is 0.837. The number of rotatable bonds is 3. The van der Waals surface area contributed by atoms with E-state index < -0.39 is 0 Å². The Morgan fingerprint density at radius 1 is 1.67 bits per heavy atom. The molecule has 2 unspecified atom stereocenters. The molecule has 0 aliphatic heterocycles. The van der Waals surface area contributed by atoms with Crippen LogP contribution in [0.15, 0.2) is 10.7 Å². The molecule has 3 nitrogen and oxygen atoms in total. The Kier molecular flexibility index (Phi) is 4.56. The fourth-order valence-corrected chi connectivity index (χ4v) is 3.16. The number of H-pyrrole nitrogens is 1. The van der Waals surface area contributed by atoms with Crippen molar-refractivity contribution in [1.82, 2.24) is 9.97 Å². The lowest BCUT2D eigenvalue weighted by Gasteiger charge is -2.38. The monoisotopic (exact) mass is 330 g/mol. The van der Waals surface area contributed by atoms with Gasteiger partial charge in [-0.05, 0) is 48.0 Å². The zero-order valence-corrected chi connectivity index (χ0v) is 13.2. The molecule has 0 amide bonds. The van der Waals surface area contributed by atoms with Crippen LogP contribution in [0.2, 0.25) is 0 Å². The Morgan fingerprint density at radius 2 is 2.44 bits per heavy atom. The van der Waals surface area contributed by atoms with Crippen LogP contribution < -0.4 is 0 Å². The van der Waals surface area contributed by atoms with Crippen molar-refractivity contribution in [2.24, 2.45) is 5.92 Å². The summed E-state index contributed by atoms with van der Waals surface area (Å²) in [5.74, 6) is 1.54. The van der Waals surface area contributed by atoms with Gasteiger partial charge < -0.3 is 9.72 Å². The van der Waals surface area contributed by atoms with Crippen LogP contribution in [0.5, 0.6) is 0 Å². The van der Waals surface area contributed by atoms with Gasteiger partial charge in [-0.25, -0.2) is 4.98 Å². The van der Waals surface area contributed by atoms with Gasteiger partial charge in [0.2, 0.25) is 0 Å². The molecule has 1 aromatic rings. The molecule has 1 aromatic heterocycles. The largest absolute Gasteiger partial charge is 0.367 e. The van der Waals surface area contributed by atoms with Gasteiger partial charge in [0.1, 0.15) is 16.1 Å². The smallest absolute Gasteiger partial charge is 0.139 e. The van der Waals surface area contributed by atoms with E-state index in [0.29, 0.717) is 17.2 Å². The van der Waals surface area contributed by atoms with E-state index in [2.05, 4.69) is 32.8 Å². The molecule has 5 heteroatoms. The van der Waals surface area contributed by atoms with Gasteiger partial charge in [0.15, 0.2) is 0 Å². The van der Waals surface area contributed by atoms with Gasteiger partial charge in [-0.3, -0.25) is 0 Å². The minimum Gasteiger partial charge on any atom is -0.367 e. The van der Waals surface area contributed by atoms with Crippen molar-refractivity contribution in [2.45, 2.75) is 45.1 Å². The summed E-state index contributed by atoms with van der Waals surface area (Å²) in [6.45, 7) is 5.01. The second kappa shape index (κ2) is 5.80. The summed E-state index contributed by atoms with van der Waals surface area (Å²) in [4.78, 5) is 7.72. The Labute approximate surface area is 121 Å². The molecule has 1 N–H and O–H groups in total. The van der Waals surface area contributed by atoms with Gasteiger partial charge in [0, 0.05) is 12.8 Å². The van der Waals surface area contributed by atoms with Crippen molar-refractivity contribution in [2.75, 3.05) is 6.61 Å². The van der Waals surface area contributed by atoms with Crippen LogP contribution in [0.1, 0.15) is 45.4 Å². The predicted octanol–water partition coefficient (Wildman–Crippen LogP) is 4.34. The molecule has 1 saturated carbocycles. The number of hydrogen-bond acceptors (Lipinski definition) is 3. The van der Waals surface area contributed by atoms with Gasteiger partial charge in [0.05, 0.1) is 4.47 Å². The number of ether oxygens (including phenoxy) is 1. The van der Waals surface area contributed by atoms with Gasteiger partial charge >= 0.3 is 0 Å². The number of hydrogen-bond donors (Lipinski definition) is 1. The van der Waals surface area contributed by atoms with E-state index in [0.717, 1.165) is 23.1 Å². The first kappa shape index (κ1) is 14.2. The minimum atomic E-state index is -0.277. The second-order valence-electron chi connectivity index (χ2n) is 5.04. The minimum absolute atomic E-state index is 0.277. The maximum Gasteiger partial charge on any atom is 0.139 e. The lowest BCUT2D eigenvalue weighted by molar-refractivity contribution is -0.0881. The Balaban J connectivity index is 2.39. The molecule has 100 valence electrons. The number of aromatic nitrogens is 2. The maximum absolute atomic E-state index is 6.07. The van der Waals surface area contributed by atoms with Gasteiger partial charge in [-0.15, -0.1) is 0 Å². The Morgan fingerprint density at radius 3 is 3.06 bits per heavy atom. The first-order valence-corrected chi connectivity index (χ1v) is 7.67. The fourth-order valence-electron chi connectivity index (χ4n) is 2.80. The molecule has 1 aliphatic carbocycles. The van der Waals surface area contributed by atoms with Crippen LogP contribution in [-0.2, 0) is 10.3 Å². The summed E-state index contributed by atoms with van der Waals surface area (Å²) in [5, 5.41) is 0. The summed E-state index contributed by atoms with van der Waals surface area (Å²) in [6, 6.07) is 0. The molecule has 2 rings (SSSR count). The topological polar surface area (TPSA) is 37.9 Å². The summed E-state index contributed by atoms with van der Waals surface area (Å²) >= 11 is 8.66. The summed E-state index contributed by atoms with van der Waals surface area (Å²) in [6.07, 6.45) is 6.26. The molecular weight excluding hydrogens is 312 g/mol. The number of nitrogens with zero attached hydrogens (tertiary/aromatic N) is 1. The molecule has 18 heavy (non-hydrogen) atoms. The first-order chi connectivity index (χ1) is 8.57. The highest BCUT2D eigenvalue weighted by Gasteiger charge is 2.39. The second-order valence-corrected chi connectivity index (χ2v) is 6.30. The Bertz CT molecular complexity index is 472. The molecule has 0 aromatic carbocycles. The molecule has 0 saturated heterocycles. The Hall–Kier alpha value is -0.260. The van der Waals surface area contributed by atoms with Crippen molar-refractivity contribution in [3.63, 3.8) is 0 Å². The summed E-state index contributed by atoms with van der Waals surface area (Å²) in [5.41, 5.74) is -0.277. The SMILES string of the molecule is CCOC1(c2ncc(Br)c(=S)[nH]2)CCCC(C)C1. The number of nitrogens with one attached hydrogen (secondary N) is 1. The van der Waals surface area contributed by atoms with Crippen LogP contribution in [0.4, 0.5) is 0 Å². The number of aromatic amines is 1. The van der Waals surface area contributed by atoms with Crippen molar-refractivity contribution in [3.05, 3.63) is 21.1 Å². The lowest BCUT2D eigenvalue weighted by atomic mass is 9.78. The van der Waals surface area contributed by atoms with Crippen molar-refractivity contribution < 1.29 is 4.74 Å². The van der Waals surface area contributed by atoms with E-state index in [-0.39, 0.29) is 5.60 Å². The van der Waals surface area contributed by atoms with Crippen LogP contribution in [-0.4, -0.2) is 16.6 Å². The van der Waals surface area contributed by atoms with E-state index in [4.69, 9.17) is 17.0 Å². The highest BCUT2D eigenvalue weighted by atomic mass is 79.9. The van der Waals surface area contributed by atoms with Crippen LogP contribution in [0.25, 0.3) is 0 Å². The van der Waals surface area contributed by atoms with E-state index >= 15 is 0 Å². The molecule has 0 bridgehead atoms. The molecule has 1 fully saturated rings. The van der Waals surface area contributed by atoms with Gasteiger partial charge in [-0.2, -0.15) is 0 Å². The molecule has 1 aliphatic rings. The third-order valence-corrected chi connectivity index (χ3v) is 4.75. The van der Waals surface area contributed by atoms with E-state index in [1.165, 1.54) is 12.8 Å².